The van der Waals surface area contributed by atoms with Gasteiger partial charge in [-0.25, -0.2) is 4.68 Å². The Hall–Kier alpha value is -1.81. The van der Waals surface area contributed by atoms with Crippen LogP contribution in [0.25, 0.3) is 5.69 Å². The normalized spacial score (nSPS) is 14.5. The molecule has 2 heterocycles. The Labute approximate surface area is 142 Å². The zero-order valence-electron chi connectivity index (χ0n) is 13.7. The van der Waals surface area contributed by atoms with Gasteiger partial charge in [0.1, 0.15) is 0 Å². The Balaban J connectivity index is 2.08. The van der Waals surface area contributed by atoms with Crippen molar-refractivity contribution in [3.8, 4) is 5.69 Å². The molecule has 1 aliphatic heterocycles. The fourth-order valence-electron chi connectivity index (χ4n) is 3.20. The van der Waals surface area contributed by atoms with Crippen LogP contribution in [0.15, 0.2) is 24.3 Å². The van der Waals surface area contributed by atoms with Gasteiger partial charge in [0.25, 0.3) is 5.91 Å². The standard InChI is InChI=1S/C18H22ClN3O/c1-3-15-17(18(23)21-11-5-6-12-21)16(4-2)22(20-15)14-9-7-13(19)8-10-14/h7-10H,3-6,11-12H2,1-2H3. The van der Waals surface area contributed by atoms with Crippen molar-refractivity contribution in [2.45, 2.75) is 39.5 Å². The van der Waals surface area contributed by atoms with Gasteiger partial charge < -0.3 is 4.90 Å². The second-order valence-corrected chi connectivity index (χ2v) is 6.30. The predicted molar refractivity (Wildman–Crippen MR) is 92.5 cm³/mol. The van der Waals surface area contributed by atoms with Crippen LogP contribution in [0, 0.1) is 0 Å². The van der Waals surface area contributed by atoms with Crippen molar-refractivity contribution in [1.29, 1.82) is 0 Å². The molecular weight excluding hydrogens is 310 g/mol. The summed E-state index contributed by atoms with van der Waals surface area (Å²) < 4.78 is 1.90. The number of rotatable bonds is 4. The van der Waals surface area contributed by atoms with Crippen molar-refractivity contribution >= 4 is 17.5 Å². The third-order valence-corrected chi connectivity index (χ3v) is 4.65. The van der Waals surface area contributed by atoms with E-state index >= 15 is 0 Å². The minimum absolute atomic E-state index is 0.136. The molecule has 122 valence electrons. The average Bonchev–Trinajstić information content (AvgIpc) is 3.22. The molecule has 3 rings (SSSR count). The number of aromatic nitrogens is 2. The van der Waals surface area contributed by atoms with Crippen LogP contribution in [0.3, 0.4) is 0 Å². The molecule has 1 aromatic carbocycles. The van der Waals surface area contributed by atoms with Crippen LogP contribution in [0.5, 0.6) is 0 Å². The Bertz CT molecular complexity index is 700. The molecule has 1 fully saturated rings. The van der Waals surface area contributed by atoms with Crippen LogP contribution in [-0.2, 0) is 12.8 Å². The van der Waals surface area contributed by atoms with E-state index in [-0.39, 0.29) is 5.91 Å². The van der Waals surface area contributed by atoms with E-state index in [1.54, 1.807) is 0 Å². The number of aryl methyl sites for hydroxylation is 1. The summed E-state index contributed by atoms with van der Waals surface area (Å²) >= 11 is 5.98. The molecule has 0 saturated carbocycles. The molecule has 2 aromatic rings. The molecule has 0 spiro atoms. The molecular formula is C18H22ClN3O. The van der Waals surface area contributed by atoms with Crippen molar-refractivity contribution in [3.63, 3.8) is 0 Å². The van der Waals surface area contributed by atoms with Gasteiger partial charge in [-0.2, -0.15) is 5.10 Å². The number of nitrogens with zero attached hydrogens (tertiary/aromatic N) is 3. The predicted octanol–water partition coefficient (Wildman–Crippen LogP) is 3.89. The highest BCUT2D eigenvalue weighted by molar-refractivity contribution is 6.30. The molecule has 4 nitrogen and oxygen atoms in total. The minimum atomic E-state index is 0.136. The molecule has 0 unspecified atom stereocenters. The fraction of sp³-hybridized carbons (Fsp3) is 0.444. The van der Waals surface area contributed by atoms with Gasteiger partial charge in [-0.15, -0.1) is 0 Å². The highest BCUT2D eigenvalue weighted by Gasteiger charge is 2.27. The largest absolute Gasteiger partial charge is 0.339 e. The van der Waals surface area contributed by atoms with Gasteiger partial charge in [-0.3, -0.25) is 4.79 Å². The highest BCUT2D eigenvalue weighted by atomic mass is 35.5. The molecule has 0 N–H and O–H groups in total. The number of benzene rings is 1. The molecule has 5 heteroatoms. The lowest BCUT2D eigenvalue weighted by atomic mass is 10.1. The molecule has 1 aromatic heterocycles. The van der Waals surface area contributed by atoms with E-state index in [4.69, 9.17) is 16.7 Å². The van der Waals surface area contributed by atoms with Gasteiger partial charge in [0.2, 0.25) is 0 Å². The Morgan fingerprint density at radius 1 is 1.13 bits per heavy atom. The van der Waals surface area contributed by atoms with Crippen LogP contribution in [0.4, 0.5) is 0 Å². The quantitative estimate of drug-likeness (QED) is 0.852. The Morgan fingerprint density at radius 3 is 2.35 bits per heavy atom. The number of carbonyl (C=O) groups excluding carboxylic acids is 1. The first-order valence-electron chi connectivity index (χ1n) is 8.31. The summed E-state index contributed by atoms with van der Waals surface area (Å²) in [5, 5.41) is 5.42. The van der Waals surface area contributed by atoms with E-state index < -0.39 is 0 Å². The smallest absolute Gasteiger partial charge is 0.257 e. The third-order valence-electron chi connectivity index (χ3n) is 4.40. The maximum atomic E-state index is 13.0. The van der Waals surface area contributed by atoms with Crippen LogP contribution >= 0.6 is 11.6 Å². The average molecular weight is 332 g/mol. The van der Waals surface area contributed by atoms with Gasteiger partial charge in [0, 0.05) is 18.1 Å². The number of hydrogen-bond acceptors (Lipinski definition) is 2. The molecule has 1 saturated heterocycles. The fourth-order valence-corrected chi connectivity index (χ4v) is 3.32. The van der Waals surface area contributed by atoms with Crippen LogP contribution in [-0.4, -0.2) is 33.7 Å². The lowest BCUT2D eigenvalue weighted by Crippen LogP contribution is -2.29. The zero-order chi connectivity index (χ0) is 16.4. The van der Waals surface area contributed by atoms with Crippen molar-refractivity contribution in [3.05, 3.63) is 46.2 Å². The zero-order valence-corrected chi connectivity index (χ0v) is 14.4. The highest BCUT2D eigenvalue weighted by Crippen LogP contribution is 2.24. The van der Waals surface area contributed by atoms with E-state index in [9.17, 15) is 4.79 Å². The molecule has 0 aliphatic carbocycles. The van der Waals surface area contributed by atoms with Gasteiger partial charge >= 0.3 is 0 Å². The van der Waals surface area contributed by atoms with E-state index in [1.165, 1.54) is 0 Å². The molecule has 1 amide bonds. The first kappa shape index (κ1) is 16.1. The number of amides is 1. The maximum absolute atomic E-state index is 13.0. The van der Waals surface area contributed by atoms with Crippen LogP contribution in [0.2, 0.25) is 5.02 Å². The van der Waals surface area contributed by atoms with Crippen molar-refractivity contribution in [1.82, 2.24) is 14.7 Å². The first-order chi connectivity index (χ1) is 11.2. The summed E-state index contributed by atoms with van der Waals surface area (Å²) in [6.07, 6.45) is 3.72. The lowest BCUT2D eigenvalue weighted by Gasteiger charge is -2.16. The van der Waals surface area contributed by atoms with Crippen molar-refractivity contribution < 1.29 is 4.79 Å². The number of hydrogen-bond donors (Lipinski definition) is 0. The minimum Gasteiger partial charge on any atom is -0.339 e. The topological polar surface area (TPSA) is 38.1 Å². The third kappa shape index (κ3) is 3.00. The summed E-state index contributed by atoms with van der Waals surface area (Å²) in [6.45, 7) is 5.84. The summed E-state index contributed by atoms with van der Waals surface area (Å²) in [6, 6.07) is 7.59. The van der Waals surface area contributed by atoms with E-state index in [2.05, 4.69) is 13.8 Å². The lowest BCUT2D eigenvalue weighted by molar-refractivity contribution is 0.0790. The Morgan fingerprint density at radius 2 is 1.78 bits per heavy atom. The van der Waals surface area contributed by atoms with Crippen molar-refractivity contribution in [2.75, 3.05) is 13.1 Å². The second kappa shape index (κ2) is 6.75. The van der Waals surface area contributed by atoms with Gasteiger partial charge in [0.05, 0.1) is 22.6 Å². The first-order valence-corrected chi connectivity index (χ1v) is 8.69. The molecule has 23 heavy (non-hydrogen) atoms. The SMILES string of the molecule is CCc1nn(-c2ccc(Cl)cc2)c(CC)c1C(=O)N1CCCC1. The molecule has 1 aliphatic rings. The van der Waals surface area contributed by atoms with E-state index in [0.29, 0.717) is 5.02 Å². The number of halogens is 1. The Kier molecular flexibility index (Phi) is 4.71. The van der Waals surface area contributed by atoms with Gasteiger partial charge in [-0.1, -0.05) is 25.4 Å². The maximum Gasteiger partial charge on any atom is 0.257 e. The second-order valence-electron chi connectivity index (χ2n) is 5.86. The summed E-state index contributed by atoms with van der Waals surface area (Å²) in [7, 11) is 0. The number of carbonyl (C=O) groups is 1. The number of likely N-dealkylation sites (tertiary alicyclic amines) is 1. The summed E-state index contributed by atoms with van der Waals surface area (Å²) in [5.41, 5.74) is 3.61. The summed E-state index contributed by atoms with van der Waals surface area (Å²) in [5.74, 6) is 0.136. The van der Waals surface area contributed by atoms with Crippen LogP contribution < -0.4 is 0 Å². The molecule has 0 bridgehead atoms. The summed E-state index contributed by atoms with van der Waals surface area (Å²) in [4.78, 5) is 14.9. The van der Waals surface area contributed by atoms with Gasteiger partial charge in [-0.05, 0) is 49.9 Å². The van der Waals surface area contributed by atoms with E-state index in [0.717, 1.165) is 61.4 Å². The monoisotopic (exact) mass is 331 g/mol. The van der Waals surface area contributed by atoms with E-state index in [1.807, 2.05) is 33.8 Å². The van der Waals surface area contributed by atoms with Crippen LogP contribution in [0.1, 0.15) is 48.4 Å². The van der Waals surface area contributed by atoms with Gasteiger partial charge in [0.15, 0.2) is 0 Å². The molecule has 0 radical (unpaired) electrons. The molecule has 0 atom stereocenters. The van der Waals surface area contributed by atoms with Crippen molar-refractivity contribution in [2.24, 2.45) is 0 Å².